The van der Waals surface area contributed by atoms with Crippen LogP contribution in [0.4, 0.5) is 15.1 Å². The van der Waals surface area contributed by atoms with E-state index in [-0.39, 0.29) is 35.8 Å². The van der Waals surface area contributed by atoms with E-state index in [0.29, 0.717) is 23.9 Å². The van der Waals surface area contributed by atoms with Gasteiger partial charge in [-0.1, -0.05) is 18.6 Å². The molecule has 2 aromatic rings. The fourth-order valence-corrected chi connectivity index (χ4v) is 5.23. The Kier molecular flexibility index (Phi) is 5.98. The van der Waals surface area contributed by atoms with E-state index in [2.05, 4.69) is 31.1 Å². The zero-order valence-corrected chi connectivity index (χ0v) is 16.6. The van der Waals surface area contributed by atoms with Gasteiger partial charge >= 0.3 is 6.03 Å². The van der Waals surface area contributed by atoms with E-state index in [1.54, 1.807) is 12.1 Å². The van der Waals surface area contributed by atoms with Crippen molar-refractivity contribution >= 4 is 29.6 Å². The molecule has 2 saturated heterocycles. The van der Waals surface area contributed by atoms with E-state index in [0.717, 1.165) is 30.6 Å². The maximum Gasteiger partial charge on any atom is 0.315 e. The molecule has 2 aliphatic rings. The molecule has 1 aromatic heterocycles. The van der Waals surface area contributed by atoms with Gasteiger partial charge in [0.05, 0.1) is 12.1 Å². The molecule has 0 radical (unpaired) electrons. The Labute approximate surface area is 171 Å². The van der Waals surface area contributed by atoms with Gasteiger partial charge in [0.25, 0.3) is 0 Å². The molecule has 4 rings (SSSR count). The Morgan fingerprint density at radius 2 is 2.07 bits per heavy atom. The summed E-state index contributed by atoms with van der Waals surface area (Å²) in [7, 11) is 0. The van der Waals surface area contributed by atoms with Crippen LogP contribution in [0.15, 0.2) is 24.3 Å². The summed E-state index contributed by atoms with van der Waals surface area (Å²) >= 11 is 1.88. The van der Waals surface area contributed by atoms with Crippen molar-refractivity contribution in [1.29, 1.82) is 0 Å². The summed E-state index contributed by atoms with van der Waals surface area (Å²) < 4.78 is 13.0. The van der Waals surface area contributed by atoms with Crippen LogP contribution in [0.3, 0.4) is 0 Å². The smallest absolute Gasteiger partial charge is 0.315 e. The SMILES string of the molecule is O=C(CCCC[C@@H]1SC[C@@H]2NC(=O)N[C@@H]21)Nc1n[nH]c(Cc2ccc(F)cc2)n1. The maximum atomic E-state index is 13.0. The second kappa shape index (κ2) is 8.81. The number of nitrogens with zero attached hydrogens (tertiary/aromatic N) is 2. The molecule has 3 heterocycles. The van der Waals surface area contributed by atoms with Crippen LogP contribution in [0.25, 0.3) is 0 Å². The van der Waals surface area contributed by atoms with Crippen LogP contribution in [-0.2, 0) is 11.2 Å². The number of thioether (sulfide) groups is 1. The molecule has 0 saturated carbocycles. The van der Waals surface area contributed by atoms with Crippen molar-refractivity contribution in [3.63, 3.8) is 0 Å². The van der Waals surface area contributed by atoms with Crippen LogP contribution < -0.4 is 16.0 Å². The van der Waals surface area contributed by atoms with Gasteiger partial charge in [-0.2, -0.15) is 16.7 Å². The molecule has 4 N–H and O–H groups in total. The summed E-state index contributed by atoms with van der Waals surface area (Å²) in [5.41, 5.74) is 0.904. The number of fused-ring (bicyclic) bond motifs is 1. The van der Waals surface area contributed by atoms with Crippen LogP contribution >= 0.6 is 11.8 Å². The largest absolute Gasteiger partial charge is 0.332 e. The Bertz CT molecular complexity index is 874. The molecule has 0 aliphatic carbocycles. The van der Waals surface area contributed by atoms with E-state index in [1.165, 1.54) is 12.1 Å². The Morgan fingerprint density at radius 3 is 2.90 bits per heavy atom. The van der Waals surface area contributed by atoms with Crippen LogP contribution in [0, 0.1) is 5.82 Å². The normalized spacial score (nSPS) is 22.8. The van der Waals surface area contributed by atoms with Crippen molar-refractivity contribution in [3.8, 4) is 0 Å². The average molecular weight is 418 g/mol. The highest BCUT2D eigenvalue weighted by Gasteiger charge is 2.42. The van der Waals surface area contributed by atoms with Gasteiger partial charge in [-0.3, -0.25) is 15.2 Å². The highest BCUT2D eigenvalue weighted by molar-refractivity contribution is 8.00. The third kappa shape index (κ3) is 5.06. The van der Waals surface area contributed by atoms with Crippen molar-refractivity contribution in [2.45, 2.75) is 49.4 Å². The highest BCUT2D eigenvalue weighted by Crippen LogP contribution is 2.33. The summed E-state index contributed by atoms with van der Waals surface area (Å²) in [4.78, 5) is 27.8. The Balaban J connectivity index is 1.16. The predicted molar refractivity (Wildman–Crippen MR) is 108 cm³/mol. The van der Waals surface area contributed by atoms with E-state index >= 15 is 0 Å². The summed E-state index contributed by atoms with van der Waals surface area (Å²) in [6.07, 6.45) is 3.56. The molecule has 29 heavy (non-hydrogen) atoms. The molecule has 1 aromatic carbocycles. The number of H-pyrrole nitrogens is 1. The highest BCUT2D eigenvalue weighted by atomic mass is 32.2. The second-order valence-electron chi connectivity index (χ2n) is 7.32. The van der Waals surface area contributed by atoms with E-state index < -0.39 is 0 Å². The topological polar surface area (TPSA) is 112 Å². The maximum absolute atomic E-state index is 13.0. The summed E-state index contributed by atoms with van der Waals surface area (Å²) in [6, 6.07) is 6.54. The third-order valence-corrected chi connectivity index (χ3v) is 6.66. The van der Waals surface area contributed by atoms with Crippen molar-refractivity contribution < 1.29 is 14.0 Å². The van der Waals surface area contributed by atoms with Gasteiger partial charge in [0, 0.05) is 23.8 Å². The molecule has 0 bridgehead atoms. The number of anilines is 1. The van der Waals surface area contributed by atoms with Crippen molar-refractivity contribution in [2.75, 3.05) is 11.1 Å². The minimum absolute atomic E-state index is 0.0741. The lowest BCUT2D eigenvalue weighted by Crippen LogP contribution is -2.36. The first-order valence-electron chi connectivity index (χ1n) is 9.71. The van der Waals surface area contributed by atoms with Gasteiger partial charge in [0.1, 0.15) is 11.6 Å². The predicted octanol–water partition coefficient (Wildman–Crippen LogP) is 2.20. The summed E-state index contributed by atoms with van der Waals surface area (Å²) in [6.45, 7) is 0. The quantitative estimate of drug-likeness (QED) is 0.388. The molecule has 0 spiro atoms. The number of aromatic amines is 1. The lowest BCUT2D eigenvalue weighted by atomic mass is 10.0. The Morgan fingerprint density at radius 1 is 1.24 bits per heavy atom. The second-order valence-corrected chi connectivity index (χ2v) is 8.60. The zero-order valence-electron chi connectivity index (χ0n) is 15.8. The van der Waals surface area contributed by atoms with Gasteiger partial charge in [0.2, 0.25) is 11.9 Å². The average Bonchev–Trinajstić information content (AvgIpc) is 3.38. The first kappa shape index (κ1) is 19.7. The molecule has 0 unspecified atom stereocenters. The minimum Gasteiger partial charge on any atom is -0.332 e. The summed E-state index contributed by atoms with van der Waals surface area (Å²) in [5, 5.41) is 15.8. The molecule has 10 heteroatoms. The van der Waals surface area contributed by atoms with Gasteiger partial charge in [-0.05, 0) is 30.5 Å². The minimum atomic E-state index is -0.282. The number of rotatable bonds is 8. The monoisotopic (exact) mass is 418 g/mol. The van der Waals surface area contributed by atoms with E-state index in [4.69, 9.17) is 0 Å². The molecule has 154 valence electrons. The number of urea groups is 1. The molecule has 2 fully saturated rings. The number of carbonyl (C=O) groups excluding carboxylic acids is 2. The first-order valence-corrected chi connectivity index (χ1v) is 10.8. The number of nitrogens with one attached hydrogen (secondary N) is 4. The number of carbonyl (C=O) groups is 2. The van der Waals surface area contributed by atoms with Gasteiger partial charge < -0.3 is 10.6 Å². The number of amides is 3. The number of halogens is 1. The standard InChI is InChI=1S/C19H23FN6O2S/c20-12-7-5-11(6-8-12)9-15-22-18(26-25-15)23-16(27)4-2-1-3-14-17-13(10-29-14)21-19(28)24-17/h5-8,13-14,17H,1-4,9-10H2,(H2,21,24,28)(H2,22,23,25,26,27)/t13-,14-,17-/m0/s1. The lowest BCUT2D eigenvalue weighted by Gasteiger charge is -2.16. The molecular formula is C19H23FN6O2S. The fraction of sp³-hybridized carbons (Fsp3) is 0.474. The van der Waals surface area contributed by atoms with E-state index in [1.807, 2.05) is 11.8 Å². The number of hydrogen-bond donors (Lipinski definition) is 4. The number of aromatic nitrogens is 3. The van der Waals surface area contributed by atoms with Crippen LogP contribution in [0.1, 0.15) is 37.1 Å². The molecular weight excluding hydrogens is 395 g/mol. The number of unbranched alkanes of at least 4 members (excludes halogenated alkanes) is 1. The molecule has 3 amide bonds. The van der Waals surface area contributed by atoms with Crippen LogP contribution in [0.2, 0.25) is 0 Å². The van der Waals surface area contributed by atoms with Crippen LogP contribution in [0.5, 0.6) is 0 Å². The van der Waals surface area contributed by atoms with Gasteiger partial charge in [-0.15, -0.1) is 5.10 Å². The zero-order chi connectivity index (χ0) is 20.2. The van der Waals surface area contributed by atoms with E-state index in [9.17, 15) is 14.0 Å². The molecule has 2 aliphatic heterocycles. The third-order valence-electron chi connectivity index (χ3n) is 5.15. The van der Waals surface area contributed by atoms with Crippen molar-refractivity contribution in [1.82, 2.24) is 25.8 Å². The molecule has 3 atom stereocenters. The van der Waals surface area contributed by atoms with Crippen LogP contribution in [-0.4, -0.2) is 50.2 Å². The fourth-order valence-electron chi connectivity index (χ4n) is 3.69. The van der Waals surface area contributed by atoms with Gasteiger partial charge in [-0.25, -0.2) is 9.18 Å². The lowest BCUT2D eigenvalue weighted by molar-refractivity contribution is -0.116. The van der Waals surface area contributed by atoms with Gasteiger partial charge in [0.15, 0.2) is 0 Å². The summed E-state index contributed by atoms with van der Waals surface area (Å²) in [5.74, 6) is 1.40. The Hall–Kier alpha value is -2.62. The number of hydrogen-bond acceptors (Lipinski definition) is 5. The van der Waals surface area contributed by atoms with Crippen molar-refractivity contribution in [3.05, 3.63) is 41.5 Å². The van der Waals surface area contributed by atoms with Crippen molar-refractivity contribution in [2.24, 2.45) is 0 Å². The molecule has 8 nitrogen and oxygen atoms in total. The first-order chi connectivity index (χ1) is 14.1. The number of benzene rings is 1.